The van der Waals surface area contributed by atoms with Gasteiger partial charge < -0.3 is 28.8 Å². The molecular weight excluding hydrogens is 572 g/mol. The minimum Gasteiger partial charge on any atom is -0.472 e. The van der Waals surface area contributed by atoms with Gasteiger partial charge in [0, 0.05) is 22.8 Å². The normalized spacial score (nSPS) is 36.0. The molecule has 2 saturated carbocycles. The fourth-order valence-electron chi connectivity index (χ4n) is 8.13. The second-order valence-corrected chi connectivity index (χ2v) is 13.3. The quantitative estimate of drug-likeness (QED) is 0.145. The van der Waals surface area contributed by atoms with Crippen LogP contribution in [0, 0.1) is 28.1 Å². The highest BCUT2D eigenvalue weighted by atomic mass is 16.6. The van der Waals surface area contributed by atoms with Crippen LogP contribution in [0.5, 0.6) is 0 Å². The van der Waals surface area contributed by atoms with Gasteiger partial charge >= 0.3 is 17.9 Å². The Balaban J connectivity index is 2.04. The lowest BCUT2D eigenvalue weighted by molar-refractivity contribution is -0.224. The predicted octanol–water partition coefficient (Wildman–Crippen LogP) is 3.52. The highest BCUT2D eigenvalue weighted by molar-refractivity contribution is 6.03. The maximum atomic E-state index is 14.6. The van der Waals surface area contributed by atoms with Crippen molar-refractivity contribution < 1.29 is 52.8 Å². The summed E-state index contributed by atoms with van der Waals surface area (Å²) in [5.41, 5.74) is -8.58. The van der Waals surface area contributed by atoms with Crippen LogP contribution in [0.3, 0.4) is 0 Å². The molecule has 0 radical (unpaired) electrons. The highest BCUT2D eigenvalue weighted by Crippen LogP contribution is 2.67. The van der Waals surface area contributed by atoms with Crippen LogP contribution in [0.2, 0.25) is 0 Å². The molecule has 2 bridgehead atoms. The molecule has 1 aromatic rings. The Morgan fingerprint density at radius 1 is 1.07 bits per heavy atom. The Bertz CT molecular complexity index is 1440. The molecule has 3 aliphatic carbocycles. The number of hydrogen-bond acceptors (Lipinski definition) is 11. The Kier molecular flexibility index (Phi) is 8.41. The van der Waals surface area contributed by atoms with E-state index >= 15 is 0 Å². The zero-order valence-corrected chi connectivity index (χ0v) is 26.5. The van der Waals surface area contributed by atoms with Crippen molar-refractivity contribution in [1.82, 2.24) is 0 Å². The number of furan rings is 1. The lowest BCUT2D eigenvalue weighted by atomic mass is 9.39. The maximum absolute atomic E-state index is 14.6. The number of aliphatic hydroxyl groups is 2. The lowest BCUT2D eigenvalue weighted by Crippen LogP contribution is -2.75. The minimum atomic E-state index is -2.48. The van der Waals surface area contributed by atoms with E-state index in [0.29, 0.717) is 0 Å². The third kappa shape index (κ3) is 4.58. The number of allylic oxidation sites excluding steroid dienone is 1. The molecule has 2 fully saturated rings. The van der Waals surface area contributed by atoms with Crippen LogP contribution in [-0.4, -0.2) is 71.2 Å². The molecule has 0 aliphatic heterocycles. The molecule has 3 aliphatic rings. The first kappa shape index (κ1) is 33.3. The summed E-state index contributed by atoms with van der Waals surface area (Å²) >= 11 is 0. The summed E-state index contributed by atoms with van der Waals surface area (Å²) in [5.74, 6) is -5.07. The number of carbonyl (C=O) groups excluding carboxylic acids is 5. The largest absolute Gasteiger partial charge is 0.472 e. The number of carbonyl (C=O) groups is 5. The van der Waals surface area contributed by atoms with Gasteiger partial charge in [-0.05, 0) is 63.2 Å². The molecule has 1 heterocycles. The van der Waals surface area contributed by atoms with Gasteiger partial charge in [0.15, 0.2) is 17.2 Å². The Morgan fingerprint density at radius 3 is 2.25 bits per heavy atom. The van der Waals surface area contributed by atoms with E-state index in [2.05, 4.69) is 0 Å². The summed E-state index contributed by atoms with van der Waals surface area (Å²) in [6.45, 7) is 9.76. The van der Waals surface area contributed by atoms with Gasteiger partial charge in [-0.25, -0.2) is 4.79 Å². The van der Waals surface area contributed by atoms with Crippen molar-refractivity contribution in [2.75, 3.05) is 14.2 Å². The molecule has 0 spiro atoms. The number of methoxy groups -OCH3 is 2. The van der Waals surface area contributed by atoms with Crippen molar-refractivity contribution in [1.29, 1.82) is 0 Å². The van der Waals surface area contributed by atoms with Crippen LogP contribution in [0.4, 0.5) is 0 Å². The molecule has 0 aromatic carbocycles. The molecular formula is C33H42O11. The van der Waals surface area contributed by atoms with Crippen molar-refractivity contribution in [3.63, 3.8) is 0 Å². The molecule has 1 aromatic heterocycles. The van der Waals surface area contributed by atoms with Crippen molar-refractivity contribution in [2.24, 2.45) is 28.1 Å². The number of esters is 3. The van der Waals surface area contributed by atoms with E-state index in [1.165, 1.54) is 51.7 Å². The molecule has 2 N–H and O–H groups in total. The molecule has 7 atom stereocenters. The number of ketones is 2. The van der Waals surface area contributed by atoms with Gasteiger partial charge in [-0.15, -0.1) is 0 Å². The van der Waals surface area contributed by atoms with Crippen LogP contribution in [0.1, 0.15) is 77.6 Å². The fourth-order valence-corrected chi connectivity index (χ4v) is 8.13. The van der Waals surface area contributed by atoms with Crippen LogP contribution >= 0.6 is 0 Å². The maximum Gasteiger partial charge on any atom is 0.333 e. The van der Waals surface area contributed by atoms with Crippen molar-refractivity contribution >= 4 is 29.5 Å². The van der Waals surface area contributed by atoms with Gasteiger partial charge in [0.25, 0.3) is 0 Å². The first-order chi connectivity index (χ1) is 20.4. The molecule has 11 heteroatoms. The summed E-state index contributed by atoms with van der Waals surface area (Å²) in [7, 11) is 2.37. The third-order valence-electron chi connectivity index (χ3n) is 10.8. The topological polar surface area (TPSA) is 167 Å². The van der Waals surface area contributed by atoms with E-state index in [1.54, 1.807) is 27.7 Å². The van der Waals surface area contributed by atoms with Gasteiger partial charge in [0.1, 0.15) is 18.0 Å². The second-order valence-electron chi connectivity index (χ2n) is 13.3. The minimum absolute atomic E-state index is 0.0537. The number of Topliss-reactive ketones (excluding diaryl/α,β-unsaturated/α-hetero) is 2. The van der Waals surface area contributed by atoms with E-state index in [9.17, 15) is 34.2 Å². The van der Waals surface area contributed by atoms with Crippen molar-refractivity contribution in [3.8, 4) is 0 Å². The average molecular weight is 615 g/mol. The van der Waals surface area contributed by atoms with Crippen LogP contribution in [0.15, 0.2) is 46.3 Å². The van der Waals surface area contributed by atoms with E-state index in [1.807, 2.05) is 0 Å². The number of rotatable bonds is 8. The molecule has 0 amide bonds. The van der Waals surface area contributed by atoms with Gasteiger partial charge in [-0.1, -0.05) is 26.8 Å². The standard InChI is InChI=1S/C33H42O11/c1-9-18(2)26(37)44-28-29(3,4)22(14-23(34)41-7)31(6)20-10-12-30(5,25(36)19-11-13-43-17-19)33(40,16-24(35)42-8)21(20)15-32(28,39)27(31)38/h9,11,13,15,17,20,22,28,39-40H,10,12,14,16H2,1-8H3/b18-9+/t20-,22-,28-,30-,31+,32-,33+/m0/s1. The van der Waals surface area contributed by atoms with Crippen molar-refractivity contribution in [2.45, 2.75) is 84.5 Å². The Labute approximate surface area is 256 Å². The Morgan fingerprint density at radius 2 is 1.70 bits per heavy atom. The fraction of sp³-hybridized carbons (Fsp3) is 0.606. The first-order valence-electron chi connectivity index (χ1n) is 14.7. The molecule has 4 rings (SSSR count). The van der Waals surface area contributed by atoms with E-state index in [4.69, 9.17) is 18.6 Å². The first-order valence-corrected chi connectivity index (χ1v) is 14.7. The summed E-state index contributed by atoms with van der Waals surface area (Å²) in [6.07, 6.45) is 3.08. The average Bonchev–Trinajstić information content (AvgIpc) is 3.53. The smallest absolute Gasteiger partial charge is 0.333 e. The van der Waals surface area contributed by atoms with E-state index in [-0.39, 0.29) is 36.0 Å². The van der Waals surface area contributed by atoms with Crippen LogP contribution < -0.4 is 0 Å². The van der Waals surface area contributed by atoms with Gasteiger partial charge in [-0.2, -0.15) is 0 Å². The molecule has 240 valence electrons. The van der Waals surface area contributed by atoms with E-state index in [0.717, 1.165) is 7.11 Å². The molecule has 0 unspecified atom stereocenters. The predicted molar refractivity (Wildman–Crippen MR) is 155 cm³/mol. The van der Waals surface area contributed by atoms with Crippen molar-refractivity contribution in [3.05, 3.63) is 47.5 Å². The second kappa shape index (κ2) is 11.1. The molecule has 11 nitrogen and oxygen atoms in total. The van der Waals surface area contributed by atoms with Gasteiger partial charge in [0.05, 0.1) is 37.9 Å². The molecule has 0 saturated heterocycles. The summed E-state index contributed by atoms with van der Waals surface area (Å²) in [5, 5.41) is 25.1. The zero-order chi connectivity index (χ0) is 33.0. The SMILES string of the molecule is C/C=C(\C)C(=O)O[C@H]1C(C)(C)[C@H](CC(=O)OC)[C@]2(C)C(=O)[C@@]1(O)C=C1[C@@H]2CC[C@@](C)(C(=O)c2ccoc2)[C@@]1(O)CC(=O)OC. The summed E-state index contributed by atoms with van der Waals surface area (Å²) in [6, 6.07) is 1.45. The number of hydrogen-bond donors (Lipinski definition) is 2. The third-order valence-corrected chi connectivity index (χ3v) is 10.8. The molecule has 44 heavy (non-hydrogen) atoms. The number of ether oxygens (including phenoxy) is 3. The van der Waals surface area contributed by atoms with Crippen LogP contribution in [-0.2, 0) is 33.4 Å². The Hall–Kier alpha value is -3.57. The number of fused-ring (bicyclic) bond motifs is 4. The van der Waals surface area contributed by atoms with E-state index < -0.39 is 81.3 Å². The van der Waals surface area contributed by atoms with Gasteiger partial charge in [0.2, 0.25) is 0 Å². The van der Waals surface area contributed by atoms with Gasteiger partial charge in [-0.3, -0.25) is 19.2 Å². The lowest BCUT2D eigenvalue weighted by Gasteiger charge is -2.65. The zero-order valence-electron chi connectivity index (χ0n) is 26.5. The summed E-state index contributed by atoms with van der Waals surface area (Å²) < 4.78 is 21.0. The highest BCUT2D eigenvalue weighted by Gasteiger charge is 2.75. The van der Waals surface area contributed by atoms with Crippen LogP contribution in [0.25, 0.3) is 0 Å². The monoisotopic (exact) mass is 614 g/mol. The summed E-state index contributed by atoms with van der Waals surface area (Å²) in [4.78, 5) is 67.5.